The summed E-state index contributed by atoms with van der Waals surface area (Å²) in [5, 5.41) is 11.8. The van der Waals surface area contributed by atoms with Crippen LogP contribution in [0, 0.1) is 5.92 Å². The molecule has 2 N–H and O–H groups in total. The lowest BCUT2D eigenvalue weighted by Gasteiger charge is -2.20. The number of carboxylic acid groups (broad SMARTS) is 1. The van der Waals surface area contributed by atoms with Crippen LogP contribution in [-0.4, -0.2) is 49.6 Å². The largest absolute Gasteiger partial charge is 0.497 e. The number of nitrogens with one attached hydrogen (secondary N) is 1. The first-order chi connectivity index (χ1) is 16.3. The lowest BCUT2D eigenvalue weighted by molar-refractivity contribution is -0.143. The van der Waals surface area contributed by atoms with Gasteiger partial charge in [-0.15, -0.1) is 0 Å². The number of carbonyl (C=O) groups excluding carboxylic acids is 2. The topological polar surface area (TPSA) is 120 Å². The average Bonchev–Trinajstić information content (AvgIpc) is 3.14. The van der Waals surface area contributed by atoms with Gasteiger partial charge in [-0.2, -0.15) is 0 Å². The smallest absolute Gasteiger partial charge is 0.326 e. The number of carboxylic acids is 1. The van der Waals surface area contributed by atoms with Gasteiger partial charge in [0.25, 0.3) is 5.91 Å². The molecule has 1 amide bonds. The van der Waals surface area contributed by atoms with Crippen LogP contribution < -0.4 is 24.3 Å². The van der Waals surface area contributed by atoms with Gasteiger partial charge in [0.15, 0.2) is 12.4 Å². The van der Waals surface area contributed by atoms with Crippen LogP contribution >= 0.6 is 0 Å². The summed E-state index contributed by atoms with van der Waals surface area (Å²) in [6.45, 7) is 3.22. The van der Waals surface area contributed by atoms with Crippen LogP contribution in [0.5, 0.6) is 23.0 Å². The molecule has 2 aromatic rings. The van der Waals surface area contributed by atoms with Crippen LogP contribution in [0.25, 0.3) is 6.08 Å². The third-order valence-electron chi connectivity index (χ3n) is 5.53. The number of benzene rings is 2. The molecule has 0 spiro atoms. The van der Waals surface area contributed by atoms with Crippen molar-refractivity contribution < 1.29 is 38.4 Å². The highest BCUT2D eigenvalue weighted by molar-refractivity contribution is 6.14. The molecule has 1 aliphatic heterocycles. The number of aliphatic carboxylic acids is 1. The van der Waals surface area contributed by atoms with Crippen LogP contribution in [-0.2, 0) is 9.59 Å². The highest BCUT2D eigenvalue weighted by Crippen LogP contribution is 2.36. The van der Waals surface area contributed by atoms with Crippen molar-refractivity contribution in [2.75, 3.05) is 20.8 Å². The quantitative estimate of drug-likeness (QED) is 0.509. The van der Waals surface area contributed by atoms with Crippen molar-refractivity contribution in [1.82, 2.24) is 5.32 Å². The van der Waals surface area contributed by atoms with E-state index >= 15 is 0 Å². The SMILES string of the molecule is CCC(C)[C@H](NC(=O)COc1ccc2c(c1)O/C(=C/c1cc(OC)ccc1OC)C2=O)C(=O)O. The highest BCUT2D eigenvalue weighted by atomic mass is 16.5. The van der Waals surface area contributed by atoms with Crippen molar-refractivity contribution >= 4 is 23.7 Å². The number of fused-ring (bicyclic) bond motifs is 1. The Morgan fingerprint density at radius 3 is 2.50 bits per heavy atom. The predicted molar refractivity (Wildman–Crippen MR) is 123 cm³/mol. The fourth-order valence-corrected chi connectivity index (χ4v) is 3.40. The summed E-state index contributed by atoms with van der Waals surface area (Å²) < 4.78 is 21.8. The number of hydrogen-bond acceptors (Lipinski definition) is 7. The van der Waals surface area contributed by atoms with Crippen LogP contribution in [0.1, 0.15) is 36.2 Å². The summed E-state index contributed by atoms with van der Waals surface area (Å²) in [5.41, 5.74) is 0.966. The molecule has 3 rings (SSSR count). The first-order valence-corrected chi connectivity index (χ1v) is 10.7. The van der Waals surface area contributed by atoms with Gasteiger partial charge in [-0.3, -0.25) is 9.59 Å². The second-order valence-corrected chi connectivity index (χ2v) is 7.76. The lowest BCUT2D eigenvalue weighted by atomic mass is 9.99. The summed E-state index contributed by atoms with van der Waals surface area (Å²) in [6.07, 6.45) is 2.17. The van der Waals surface area contributed by atoms with Crippen molar-refractivity contribution in [3.05, 3.63) is 53.3 Å². The Hall–Kier alpha value is -4.01. The van der Waals surface area contributed by atoms with Gasteiger partial charge < -0.3 is 29.4 Å². The van der Waals surface area contributed by atoms with Gasteiger partial charge in [0, 0.05) is 11.6 Å². The van der Waals surface area contributed by atoms with E-state index in [1.165, 1.54) is 13.2 Å². The summed E-state index contributed by atoms with van der Waals surface area (Å²) in [4.78, 5) is 36.4. The Morgan fingerprint density at radius 2 is 1.85 bits per heavy atom. The number of hydrogen-bond donors (Lipinski definition) is 2. The Balaban J connectivity index is 1.71. The van der Waals surface area contributed by atoms with Crippen molar-refractivity contribution in [3.63, 3.8) is 0 Å². The third-order valence-corrected chi connectivity index (χ3v) is 5.53. The first-order valence-electron chi connectivity index (χ1n) is 10.7. The third kappa shape index (κ3) is 5.48. The van der Waals surface area contributed by atoms with Crippen molar-refractivity contribution in [2.45, 2.75) is 26.3 Å². The summed E-state index contributed by atoms with van der Waals surface area (Å²) >= 11 is 0. The number of methoxy groups -OCH3 is 2. The molecule has 1 aliphatic rings. The van der Waals surface area contributed by atoms with Gasteiger partial charge in [0.1, 0.15) is 29.0 Å². The maximum absolute atomic E-state index is 12.8. The maximum atomic E-state index is 12.8. The van der Waals surface area contributed by atoms with E-state index in [0.717, 1.165) is 0 Å². The standard InChI is InChI=1S/C25H27NO8/c1-5-14(2)23(25(29)30)26-22(27)13-33-17-6-8-18-20(12-17)34-21(24(18)28)11-15-10-16(31-3)7-9-19(15)32-4/h6-12,14,23H,5,13H2,1-4H3,(H,26,27)(H,29,30)/b21-11+/t14?,23-/m0/s1. The zero-order valence-corrected chi connectivity index (χ0v) is 19.4. The number of amides is 1. The molecule has 0 radical (unpaired) electrons. The molecule has 9 nitrogen and oxygen atoms in total. The summed E-state index contributed by atoms with van der Waals surface area (Å²) in [6, 6.07) is 8.80. The van der Waals surface area contributed by atoms with Gasteiger partial charge in [-0.25, -0.2) is 4.79 Å². The van der Waals surface area contributed by atoms with E-state index in [0.29, 0.717) is 40.5 Å². The second kappa shape index (κ2) is 10.7. The zero-order valence-electron chi connectivity index (χ0n) is 19.4. The second-order valence-electron chi connectivity index (χ2n) is 7.76. The first kappa shape index (κ1) is 24.6. The number of ether oxygens (including phenoxy) is 4. The molecule has 0 bridgehead atoms. The molecule has 1 heterocycles. The Labute approximate surface area is 197 Å². The maximum Gasteiger partial charge on any atom is 0.326 e. The van der Waals surface area contributed by atoms with Gasteiger partial charge in [0.2, 0.25) is 5.78 Å². The van der Waals surface area contributed by atoms with Crippen LogP contribution in [0.2, 0.25) is 0 Å². The van der Waals surface area contributed by atoms with E-state index in [2.05, 4.69) is 5.32 Å². The number of allylic oxidation sites excluding steroid dienone is 1. The minimum absolute atomic E-state index is 0.106. The molecule has 9 heteroatoms. The highest BCUT2D eigenvalue weighted by Gasteiger charge is 2.29. The zero-order chi connectivity index (χ0) is 24.8. The minimum Gasteiger partial charge on any atom is -0.497 e. The van der Waals surface area contributed by atoms with Crippen molar-refractivity contribution in [1.29, 1.82) is 0 Å². The normalized spacial score (nSPS) is 15.2. The molecule has 180 valence electrons. The van der Waals surface area contributed by atoms with Gasteiger partial charge in [-0.05, 0) is 42.3 Å². The Morgan fingerprint density at radius 1 is 1.12 bits per heavy atom. The van der Waals surface area contributed by atoms with E-state index in [9.17, 15) is 19.5 Å². The predicted octanol–water partition coefficient (Wildman–Crippen LogP) is 3.31. The molecular formula is C25H27NO8. The van der Waals surface area contributed by atoms with E-state index in [-0.39, 0.29) is 24.1 Å². The average molecular weight is 469 g/mol. The fourth-order valence-electron chi connectivity index (χ4n) is 3.40. The molecule has 0 saturated carbocycles. The van der Waals surface area contributed by atoms with Gasteiger partial charge in [-0.1, -0.05) is 20.3 Å². The van der Waals surface area contributed by atoms with Crippen molar-refractivity contribution in [3.8, 4) is 23.0 Å². The molecule has 34 heavy (non-hydrogen) atoms. The number of Topliss-reactive ketones (excluding diaryl/α,β-unsaturated/α-hetero) is 1. The number of carbonyl (C=O) groups is 3. The van der Waals surface area contributed by atoms with E-state index in [1.807, 2.05) is 6.92 Å². The molecule has 1 unspecified atom stereocenters. The summed E-state index contributed by atoms with van der Waals surface area (Å²) in [7, 11) is 3.07. The Bertz CT molecular complexity index is 1120. The molecular weight excluding hydrogens is 442 g/mol. The molecule has 0 saturated heterocycles. The van der Waals surface area contributed by atoms with E-state index in [1.54, 1.807) is 50.4 Å². The monoisotopic (exact) mass is 469 g/mol. The minimum atomic E-state index is -1.10. The van der Waals surface area contributed by atoms with Gasteiger partial charge in [0.05, 0.1) is 19.8 Å². The lowest BCUT2D eigenvalue weighted by Crippen LogP contribution is -2.46. The summed E-state index contributed by atoms with van der Waals surface area (Å²) in [5.74, 6) is -0.340. The molecule has 0 aromatic heterocycles. The number of ketones is 1. The molecule has 0 fully saturated rings. The molecule has 2 atom stereocenters. The van der Waals surface area contributed by atoms with Crippen LogP contribution in [0.4, 0.5) is 0 Å². The Kier molecular flexibility index (Phi) is 7.78. The molecule has 0 aliphatic carbocycles. The molecule has 2 aromatic carbocycles. The van der Waals surface area contributed by atoms with Crippen LogP contribution in [0.15, 0.2) is 42.2 Å². The number of rotatable bonds is 10. The van der Waals surface area contributed by atoms with E-state index in [4.69, 9.17) is 18.9 Å². The fraction of sp³-hybridized carbons (Fsp3) is 0.320. The van der Waals surface area contributed by atoms with E-state index < -0.39 is 17.9 Å². The van der Waals surface area contributed by atoms with Crippen molar-refractivity contribution in [2.24, 2.45) is 5.92 Å². The van der Waals surface area contributed by atoms with Crippen LogP contribution in [0.3, 0.4) is 0 Å². The van der Waals surface area contributed by atoms with Gasteiger partial charge >= 0.3 is 5.97 Å².